The Labute approximate surface area is 164 Å². The van der Waals surface area contributed by atoms with E-state index in [1.54, 1.807) is 38.1 Å². The SMILES string of the molecule is C=C(C)COC(=O)OCCOc1cccc(OCCOC(=O)OCC(=C)C)c1. The minimum atomic E-state index is -0.773. The Morgan fingerprint density at radius 1 is 0.750 bits per heavy atom. The third-order valence-electron chi connectivity index (χ3n) is 2.82. The summed E-state index contributed by atoms with van der Waals surface area (Å²) in [5, 5.41) is 0. The van der Waals surface area contributed by atoms with Crippen molar-refractivity contribution in [2.75, 3.05) is 39.6 Å². The average Bonchev–Trinajstić information content (AvgIpc) is 2.65. The summed E-state index contributed by atoms with van der Waals surface area (Å²) in [5.41, 5.74) is 1.44. The van der Waals surface area contributed by atoms with Crippen molar-refractivity contribution in [3.8, 4) is 11.5 Å². The molecular weight excluding hydrogens is 368 g/mol. The first kappa shape index (κ1) is 22.9. The Hall–Kier alpha value is -3.16. The van der Waals surface area contributed by atoms with Crippen molar-refractivity contribution in [3.05, 3.63) is 48.6 Å². The van der Waals surface area contributed by atoms with Gasteiger partial charge in [0.25, 0.3) is 0 Å². The van der Waals surface area contributed by atoms with E-state index >= 15 is 0 Å². The van der Waals surface area contributed by atoms with E-state index < -0.39 is 12.3 Å². The molecule has 0 aliphatic rings. The van der Waals surface area contributed by atoms with E-state index in [4.69, 9.17) is 28.4 Å². The Morgan fingerprint density at radius 2 is 1.18 bits per heavy atom. The first-order valence-electron chi connectivity index (χ1n) is 8.60. The summed E-state index contributed by atoms with van der Waals surface area (Å²) in [6.07, 6.45) is -1.55. The molecule has 0 spiro atoms. The monoisotopic (exact) mass is 394 g/mol. The van der Waals surface area contributed by atoms with Gasteiger partial charge in [-0.25, -0.2) is 9.59 Å². The highest BCUT2D eigenvalue weighted by Crippen LogP contribution is 2.19. The van der Waals surface area contributed by atoms with Crippen LogP contribution < -0.4 is 9.47 Å². The summed E-state index contributed by atoms with van der Waals surface area (Å²) < 4.78 is 30.2. The molecule has 0 saturated heterocycles. The van der Waals surface area contributed by atoms with E-state index in [-0.39, 0.29) is 39.6 Å². The highest BCUT2D eigenvalue weighted by Gasteiger charge is 2.05. The van der Waals surface area contributed by atoms with Crippen LogP contribution in [-0.2, 0) is 18.9 Å². The van der Waals surface area contributed by atoms with Crippen molar-refractivity contribution in [3.63, 3.8) is 0 Å². The molecular formula is C20H26O8. The molecule has 0 bridgehead atoms. The zero-order valence-corrected chi connectivity index (χ0v) is 16.2. The van der Waals surface area contributed by atoms with Crippen LogP contribution in [-0.4, -0.2) is 52.0 Å². The summed E-state index contributed by atoms with van der Waals surface area (Å²) in [6.45, 7) is 11.4. The number of carbonyl (C=O) groups excluding carboxylic acids is 2. The first-order chi connectivity index (χ1) is 13.4. The van der Waals surface area contributed by atoms with Crippen molar-refractivity contribution < 1.29 is 38.0 Å². The number of rotatable bonds is 12. The van der Waals surface area contributed by atoms with Gasteiger partial charge in [0.05, 0.1) is 0 Å². The second-order valence-corrected chi connectivity index (χ2v) is 5.86. The fraction of sp³-hybridized carbons (Fsp3) is 0.400. The van der Waals surface area contributed by atoms with Crippen LogP contribution in [0.2, 0.25) is 0 Å². The van der Waals surface area contributed by atoms with E-state index in [9.17, 15) is 9.59 Å². The number of benzene rings is 1. The van der Waals surface area contributed by atoms with Crippen molar-refractivity contribution in [2.24, 2.45) is 0 Å². The second kappa shape index (κ2) is 13.1. The molecule has 0 aromatic heterocycles. The molecule has 0 unspecified atom stereocenters. The van der Waals surface area contributed by atoms with Crippen molar-refractivity contribution in [1.82, 2.24) is 0 Å². The minimum Gasteiger partial charge on any atom is -0.490 e. The van der Waals surface area contributed by atoms with Crippen LogP contribution in [0.5, 0.6) is 11.5 Å². The maximum Gasteiger partial charge on any atom is 0.508 e. The normalized spacial score (nSPS) is 9.79. The molecule has 1 aromatic carbocycles. The Morgan fingerprint density at radius 3 is 1.57 bits per heavy atom. The highest BCUT2D eigenvalue weighted by atomic mass is 16.7. The van der Waals surface area contributed by atoms with E-state index in [0.29, 0.717) is 11.5 Å². The van der Waals surface area contributed by atoms with E-state index in [1.807, 2.05) is 0 Å². The van der Waals surface area contributed by atoms with E-state index in [0.717, 1.165) is 11.1 Å². The van der Waals surface area contributed by atoms with Gasteiger partial charge >= 0.3 is 12.3 Å². The lowest BCUT2D eigenvalue weighted by molar-refractivity contribution is 0.0517. The van der Waals surface area contributed by atoms with Crippen LogP contribution >= 0.6 is 0 Å². The van der Waals surface area contributed by atoms with Crippen LogP contribution in [0, 0.1) is 0 Å². The summed E-state index contributed by atoms with van der Waals surface area (Å²) in [6, 6.07) is 6.88. The van der Waals surface area contributed by atoms with Gasteiger partial charge < -0.3 is 28.4 Å². The topological polar surface area (TPSA) is 89.5 Å². The van der Waals surface area contributed by atoms with E-state index in [1.165, 1.54) is 0 Å². The number of ether oxygens (including phenoxy) is 6. The molecule has 0 aliphatic carbocycles. The zero-order chi connectivity index (χ0) is 20.8. The molecule has 1 rings (SSSR count). The molecule has 1 aromatic rings. The quantitative estimate of drug-likeness (QED) is 0.300. The van der Waals surface area contributed by atoms with Crippen LogP contribution in [0.1, 0.15) is 13.8 Å². The lowest BCUT2D eigenvalue weighted by Crippen LogP contribution is -2.14. The highest BCUT2D eigenvalue weighted by molar-refractivity contribution is 5.60. The maximum absolute atomic E-state index is 11.3. The third kappa shape index (κ3) is 11.5. The molecule has 0 radical (unpaired) electrons. The van der Waals surface area contributed by atoms with Gasteiger partial charge in [-0.05, 0) is 37.1 Å². The van der Waals surface area contributed by atoms with Crippen LogP contribution in [0.25, 0.3) is 0 Å². The standard InChI is InChI=1S/C20H26O8/c1-15(2)13-27-19(21)25-10-8-23-17-6-5-7-18(12-17)24-9-11-26-20(22)28-14-16(3)4/h5-7,12H,1,3,8-11,13-14H2,2,4H3. The van der Waals surface area contributed by atoms with Gasteiger partial charge in [0.15, 0.2) is 0 Å². The molecule has 0 fully saturated rings. The summed E-state index contributed by atoms with van der Waals surface area (Å²) in [7, 11) is 0. The average molecular weight is 394 g/mol. The van der Waals surface area contributed by atoms with Crippen LogP contribution in [0.4, 0.5) is 9.59 Å². The fourth-order valence-electron chi connectivity index (χ4n) is 1.67. The molecule has 28 heavy (non-hydrogen) atoms. The minimum absolute atomic E-state index is 0.0419. The number of carbonyl (C=O) groups is 2. The van der Waals surface area contributed by atoms with Gasteiger partial charge in [0.1, 0.15) is 51.1 Å². The first-order valence-corrected chi connectivity index (χ1v) is 8.60. The van der Waals surface area contributed by atoms with Gasteiger partial charge in [-0.15, -0.1) is 0 Å². The number of hydrogen-bond donors (Lipinski definition) is 0. The predicted octanol–water partition coefficient (Wildman–Crippen LogP) is 3.90. The van der Waals surface area contributed by atoms with Gasteiger partial charge in [-0.1, -0.05) is 19.2 Å². The lowest BCUT2D eigenvalue weighted by atomic mass is 10.3. The number of hydrogen-bond acceptors (Lipinski definition) is 8. The molecule has 0 heterocycles. The molecule has 0 atom stereocenters. The van der Waals surface area contributed by atoms with Gasteiger partial charge in [0.2, 0.25) is 0 Å². The van der Waals surface area contributed by atoms with Crippen molar-refractivity contribution in [2.45, 2.75) is 13.8 Å². The molecule has 0 N–H and O–H groups in total. The summed E-state index contributed by atoms with van der Waals surface area (Å²) in [4.78, 5) is 22.5. The molecule has 154 valence electrons. The molecule has 0 aliphatic heterocycles. The lowest BCUT2D eigenvalue weighted by Gasteiger charge is -2.10. The van der Waals surface area contributed by atoms with Crippen molar-refractivity contribution >= 4 is 12.3 Å². The molecule has 8 nitrogen and oxygen atoms in total. The van der Waals surface area contributed by atoms with Gasteiger partial charge in [0, 0.05) is 6.07 Å². The summed E-state index contributed by atoms with van der Waals surface area (Å²) >= 11 is 0. The smallest absolute Gasteiger partial charge is 0.490 e. The molecule has 8 heteroatoms. The Balaban J connectivity index is 2.21. The molecule has 0 saturated carbocycles. The van der Waals surface area contributed by atoms with Crippen LogP contribution in [0.3, 0.4) is 0 Å². The van der Waals surface area contributed by atoms with Crippen LogP contribution in [0.15, 0.2) is 48.6 Å². The largest absolute Gasteiger partial charge is 0.508 e. The zero-order valence-electron chi connectivity index (χ0n) is 16.2. The predicted molar refractivity (Wildman–Crippen MR) is 102 cm³/mol. The second-order valence-electron chi connectivity index (χ2n) is 5.86. The Bertz CT molecular complexity index is 615. The van der Waals surface area contributed by atoms with Gasteiger partial charge in [-0.3, -0.25) is 0 Å². The third-order valence-corrected chi connectivity index (χ3v) is 2.82. The van der Waals surface area contributed by atoms with E-state index in [2.05, 4.69) is 13.2 Å². The maximum atomic E-state index is 11.3. The Kier molecular flexibility index (Phi) is 10.7. The van der Waals surface area contributed by atoms with Gasteiger partial charge in [-0.2, -0.15) is 0 Å². The molecule has 0 amide bonds. The fourth-order valence-corrected chi connectivity index (χ4v) is 1.67. The van der Waals surface area contributed by atoms with Crippen molar-refractivity contribution in [1.29, 1.82) is 0 Å². The summed E-state index contributed by atoms with van der Waals surface area (Å²) in [5.74, 6) is 1.08.